The molecule has 4 heterocycles. The summed E-state index contributed by atoms with van der Waals surface area (Å²) in [6.45, 7) is 3.41. The zero-order valence-electron chi connectivity index (χ0n) is 16.6. The fourth-order valence-corrected chi connectivity index (χ4v) is 3.97. The van der Waals surface area contributed by atoms with E-state index in [0.717, 1.165) is 65.7 Å². The molecule has 29 heavy (non-hydrogen) atoms. The first-order valence-corrected chi connectivity index (χ1v) is 9.73. The number of aromatic nitrogens is 4. The van der Waals surface area contributed by atoms with Gasteiger partial charge in [0.15, 0.2) is 5.65 Å². The average molecular weight is 392 g/mol. The normalized spacial score (nSPS) is 17.9. The third-order valence-electron chi connectivity index (χ3n) is 5.48. The van der Waals surface area contributed by atoms with E-state index in [-0.39, 0.29) is 6.23 Å². The summed E-state index contributed by atoms with van der Waals surface area (Å²) in [4.78, 5) is 15.2. The number of imidazole rings is 1. The van der Waals surface area contributed by atoms with E-state index in [9.17, 15) is 0 Å². The quantitative estimate of drug-likeness (QED) is 0.542. The Morgan fingerprint density at radius 3 is 2.79 bits per heavy atom. The average Bonchev–Trinajstić information content (AvgIpc) is 3.38. The molecule has 1 aliphatic rings. The number of ether oxygens (including phenoxy) is 2. The van der Waals surface area contributed by atoms with Gasteiger partial charge in [-0.15, -0.1) is 0 Å². The number of hydrogen-bond acceptors (Lipinski definition) is 6. The van der Waals surface area contributed by atoms with Gasteiger partial charge in [-0.3, -0.25) is 14.6 Å². The molecule has 1 unspecified atom stereocenters. The molecule has 0 amide bonds. The maximum absolute atomic E-state index is 5.49. The van der Waals surface area contributed by atoms with E-state index >= 15 is 0 Å². The lowest BCUT2D eigenvalue weighted by Crippen LogP contribution is -2.51. The summed E-state index contributed by atoms with van der Waals surface area (Å²) < 4.78 is 13.0. The monoisotopic (exact) mass is 392 g/mol. The first-order valence-electron chi connectivity index (χ1n) is 9.73. The molecule has 1 aliphatic heterocycles. The predicted octanol–water partition coefficient (Wildman–Crippen LogP) is 2.26. The molecule has 0 radical (unpaired) electrons. The second kappa shape index (κ2) is 7.47. The van der Waals surface area contributed by atoms with Crippen LogP contribution in [0.4, 0.5) is 0 Å². The molecular weight excluding hydrogens is 368 g/mol. The van der Waals surface area contributed by atoms with Crippen molar-refractivity contribution in [3.05, 3.63) is 48.5 Å². The molecule has 1 fully saturated rings. The number of methoxy groups -OCH3 is 2. The fraction of sp³-hybridized carbons (Fsp3) is 0.333. The van der Waals surface area contributed by atoms with Crippen molar-refractivity contribution >= 4 is 16.7 Å². The van der Waals surface area contributed by atoms with Crippen molar-refractivity contribution in [2.75, 3.05) is 33.9 Å². The third-order valence-corrected chi connectivity index (χ3v) is 5.48. The number of rotatable bonds is 5. The molecule has 1 aromatic carbocycles. The van der Waals surface area contributed by atoms with Crippen LogP contribution in [0.15, 0.2) is 42.7 Å². The molecule has 0 saturated carbocycles. The van der Waals surface area contributed by atoms with Gasteiger partial charge in [0.25, 0.3) is 0 Å². The summed E-state index contributed by atoms with van der Waals surface area (Å²) in [5.74, 6) is 1.82. The van der Waals surface area contributed by atoms with Crippen molar-refractivity contribution in [1.82, 2.24) is 29.6 Å². The van der Waals surface area contributed by atoms with Gasteiger partial charge in [-0.25, -0.2) is 9.97 Å². The number of H-pyrrole nitrogens is 1. The van der Waals surface area contributed by atoms with Crippen LogP contribution >= 0.6 is 0 Å². The Morgan fingerprint density at radius 2 is 2.00 bits per heavy atom. The number of nitrogens with one attached hydrogen (secondary N) is 2. The first kappa shape index (κ1) is 18.1. The van der Waals surface area contributed by atoms with Gasteiger partial charge in [0, 0.05) is 38.5 Å². The highest BCUT2D eigenvalue weighted by Gasteiger charge is 2.22. The predicted molar refractivity (Wildman–Crippen MR) is 111 cm³/mol. The van der Waals surface area contributed by atoms with Gasteiger partial charge in [-0.05, 0) is 30.3 Å². The lowest BCUT2D eigenvalue weighted by atomic mass is 10.1. The topological polar surface area (TPSA) is 79.7 Å². The number of fused-ring (bicyclic) bond motifs is 3. The molecule has 0 aliphatic carbocycles. The van der Waals surface area contributed by atoms with Crippen molar-refractivity contribution in [2.24, 2.45) is 0 Å². The Kier molecular flexibility index (Phi) is 4.67. The van der Waals surface area contributed by atoms with Crippen LogP contribution in [-0.2, 0) is 11.3 Å². The minimum absolute atomic E-state index is 0.0463. The van der Waals surface area contributed by atoms with E-state index in [4.69, 9.17) is 14.5 Å². The highest BCUT2D eigenvalue weighted by Crippen LogP contribution is 2.29. The number of nitrogens with zero attached hydrogens (tertiary/aromatic N) is 4. The fourth-order valence-electron chi connectivity index (χ4n) is 3.97. The van der Waals surface area contributed by atoms with E-state index in [2.05, 4.69) is 24.6 Å². The maximum atomic E-state index is 5.49. The third kappa shape index (κ3) is 3.25. The van der Waals surface area contributed by atoms with Crippen molar-refractivity contribution < 1.29 is 9.47 Å². The highest BCUT2D eigenvalue weighted by atomic mass is 16.5. The molecule has 1 atom stereocenters. The lowest BCUT2D eigenvalue weighted by Gasteiger charge is -2.32. The van der Waals surface area contributed by atoms with E-state index in [1.54, 1.807) is 14.2 Å². The molecule has 8 nitrogen and oxygen atoms in total. The van der Waals surface area contributed by atoms with Gasteiger partial charge in [0.1, 0.15) is 17.8 Å². The number of aromatic amines is 1. The minimum Gasteiger partial charge on any atom is -0.497 e. The van der Waals surface area contributed by atoms with Crippen molar-refractivity contribution in [3.8, 4) is 17.0 Å². The summed E-state index contributed by atoms with van der Waals surface area (Å²) in [5, 5.41) is 3.37. The van der Waals surface area contributed by atoms with Crippen LogP contribution in [0.2, 0.25) is 0 Å². The van der Waals surface area contributed by atoms with Crippen molar-refractivity contribution in [3.63, 3.8) is 0 Å². The number of piperazine rings is 1. The van der Waals surface area contributed by atoms with Gasteiger partial charge in [0.2, 0.25) is 0 Å². The maximum Gasteiger partial charge on any atom is 0.154 e. The second-order valence-corrected chi connectivity index (χ2v) is 7.21. The molecule has 0 bridgehead atoms. The van der Waals surface area contributed by atoms with Crippen molar-refractivity contribution in [1.29, 1.82) is 0 Å². The van der Waals surface area contributed by atoms with E-state index in [1.165, 1.54) is 0 Å². The Bertz CT molecular complexity index is 1130. The lowest BCUT2D eigenvalue weighted by molar-refractivity contribution is 0.0128. The van der Waals surface area contributed by atoms with Crippen molar-refractivity contribution in [2.45, 2.75) is 12.8 Å². The Hall–Kier alpha value is -2.94. The first-order chi connectivity index (χ1) is 14.3. The van der Waals surface area contributed by atoms with Crippen LogP contribution in [0, 0.1) is 0 Å². The minimum atomic E-state index is 0.0463. The van der Waals surface area contributed by atoms with Crippen LogP contribution in [0.1, 0.15) is 5.82 Å². The molecule has 4 aromatic rings. The van der Waals surface area contributed by atoms with Gasteiger partial charge in [0.05, 0.1) is 36.6 Å². The molecule has 5 rings (SSSR count). The molecular formula is C21H24N6O2. The van der Waals surface area contributed by atoms with Crippen LogP contribution in [0.3, 0.4) is 0 Å². The SMILES string of the molecule is COc1ccc(-c2nc(CN3CCNC(OC)C3)n3c2cnc2[nH]ccc23)cc1. The van der Waals surface area contributed by atoms with Crippen LogP contribution < -0.4 is 10.1 Å². The van der Waals surface area contributed by atoms with E-state index in [1.807, 2.05) is 42.7 Å². The molecule has 8 heteroatoms. The smallest absolute Gasteiger partial charge is 0.154 e. The summed E-state index contributed by atoms with van der Waals surface area (Å²) in [6, 6.07) is 10.0. The molecule has 150 valence electrons. The molecule has 0 spiro atoms. The molecule has 2 N–H and O–H groups in total. The van der Waals surface area contributed by atoms with Gasteiger partial charge in [-0.1, -0.05) is 0 Å². The van der Waals surface area contributed by atoms with Gasteiger partial charge >= 0.3 is 0 Å². The summed E-state index contributed by atoms with van der Waals surface area (Å²) >= 11 is 0. The summed E-state index contributed by atoms with van der Waals surface area (Å²) in [7, 11) is 3.41. The van der Waals surface area contributed by atoms with Crippen LogP contribution in [-0.4, -0.2) is 64.3 Å². The zero-order valence-corrected chi connectivity index (χ0v) is 16.6. The van der Waals surface area contributed by atoms with E-state index in [0.29, 0.717) is 0 Å². The second-order valence-electron chi connectivity index (χ2n) is 7.21. The number of benzene rings is 1. The summed E-state index contributed by atoms with van der Waals surface area (Å²) in [5.41, 5.74) is 4.85. The highest BCUT2D eigenvalue weighted by molar-refractivity contribution is 5.84. The van der Waals surface area contributed by atoms with Gasteiger partial charge in [-0.2, -0.15) is 0 Å². The Balaban J connectivity index is 1.61. The zero-order chi connectivity index (χ0) is 19.8. The molecule has 3 aromatic heterocycles. The Morgan fingerprint density at radius 1 is 1.14 bits per heavy atom. The van der Waals surface area contributed by atoms with Crippen LogP contribution in [0.5, 0.6) is 5.75 Å². The summed E-state index contributed by atoms with van der Waals surface area (Å²) in [6.07, 6.45) is 3.86. The largest absolute Gasteiger partial charge is 0.497 e. The Labute approximate surface area is 168 Å². The standard InChI is InChI=1S/C21H24N6O2/c1-28-15-5-3-14(4-6-15)20-17-11-24-21-16(7-8-23-21)27(17)18(25-20)12-26-10-9-22-19(13-26)29-2/h3-8,11,19,22-23H,9-10,12-13H2,1-2H3. The van der Waals surface area contributed by atoms with Crippen LogP contribution in [0.25, 0.3) is 27.9 Å². The van der Waals surface area contributed by atoms with E-state index < -0.39 is 0 Å². The van der Waals surface area contributed by atoms with Gasteiger partial charge < -0.3 is 14.5 Å². The number of hydrogen-bond donors (Lipinski definition) is 2. The molecule has 1 saturated heterocycles.